The summed E-state index contributed by atoms with van der Waals surface area (Å²) in [4.78, 5) is 0. The molecule has 0 unspecified atom stereocenters. The molecule has 51 heavy (non-hydrogen) atoms. The third-order valence-electron chi connectivity index (χ3n) is 10.5. The minimum absolute atomic E-state index is 1.16. The number of rotatable bonds is 4. The van der Waals surface area contributed by atoms with Gasteiger partial charge in [-0.1, -0.05) is 103 Å². The second-order valence-corrected chi connectivity index (χ2v) is 14.4. The second-order valence-electron chi connectivity index (χ2n) is 13.4. The van der Waals surface area contributed by atoms with Gasteiger partial charge in [0.15, 0.2) is 0 Å². The fraction of sp³-hybridized carbons (Fsp3) is 0. The van der Waals surface area contributed by atoms with Gasteiger partial charge in [-0.2, -0.15) is 0 Å². The molecule has 0 saturated carbocycles. The molecule has 0 atom stereocenters. The number of fused-ring (bicyclic) bond motifs is 9. The van der Waals surface area contributed by atoms with Crippen LogP contribution in [0.1, 0.15) is 0 Å². The van der Waals surface area contributed by atoms with Gasteiger partial charge in [0.2, 0.25) is 0 Å². The van der Waals surface area contributed by atoms with Gasteiger partial charge in [0.25, 0.3) is 0 Å². The highest BCUT2D eigenvalue weighted by Gasteiger charge is 2.17. The van der Waals surface area contributed by atoms with Crippen LogP contribution in [0.2, 0.25) is 0 Å². The minimum atomic E-state index is 1.16. The number of aromatic nitrogens is 2. The summed E-state index contributed by atoms with van der Waals surface area (Å²) in [7, 11) is 0. The summed E-state index contributed by atoms with van der Waals surface area (Å²) in [5.74, 6) is 0. The Labute approximate surface area is 298 Å². The van der Waals surface area contributed by atoms with Gasteiger partial charge < -0.3 is 9.13 Å². The zero-order chi connectivity index (χ0) is 33.5. The van der Waals surface area contributed by atoms with E-state index in [-0.39, 0.29) is 0 Å². The Bertz CT molecular complexity index is 3130. The minimum Gasteiger partial charge on any atom is -0.309 e. The first-order valence-electron chi connectivity index (χ1n) is 17.4. The lowest BCUT2D eigenvalue weighted by Crippen LogP contribution is -1.93. The van der Waals surface area contributed by atoms with Crippen LogP contribution in [0.4, 0.5) is 0 Å². The van der Waals surface area contributed by atoms with E-state index in [9.17, 15) is 0 Å². The number of para-hydroxylation sites is 3. The Kier molecular flexibility index (Phi) is 6.16. The molecule has 0 spiro atoms. The summed E-state index contributed by atoms with van der Waals surface area (Å²) in [5.41, 5.74) is 12.1. The molecular formula is C48H30N2S. The van der Waals surface area contributed by atoms with Crippen molar-refractivity contribution in [2.75, 3.05) is 0 Å². The van der Waals surface area contributed by atoms with Crippen molar-refractivity contribution in [2.45, 2.75) is 0 Å². The van der Waals surface area contributed by atoms with Gasteiger partial charge in [0, 0.05) is 53.1 Å². The highest BCUT2D eigenvalue weighted by atomic mass is 32.1. The summed E-state index contributed by atoms with van der Waals surface area (Å²) >= 11 is 1.87. The Morgan fingerprint density at radius 3 is 1.41 bits per heavy atom. The molecule has 0 bridgehead atoms. The first kappa shape index (κ1) is 28.4. The van der Waals surface area contributed by atoms with E-state index in [0.717, 1.165) is 5.69 Å². The predicted molar refractivity (Wildman–Crippen MR) is 219 cm³/mol. The largest absolute Gasteiger partial charge is 0.309 e. The first-order chi connectivity index (χ1) is 25.3. The average Bonchev–Trinajstić information content (AvgIpc) is 3.85. The van der Waals surface area contributed by atoms with E-state index in [1.807, 2.05) is 11.3 Å². The van der Waals surface area contributed by atoms with Crippen molar-refractivity contribution in [2.24, 2.45) is 0 Å². The van der Waals surface area contributed by atoms with E-state index in [1.54, 1.807) is 0 Å². The third-order valence-corrected chi connectivity index (χ3v) is 11.7. The van der Waals surface area contributed by atoms with Crippen LogP contribution in [0.5, 0.6) is 0 Å². The van der Waals surface area contributed by atoms with Crippen molar-refractivity contribution in [3.8, 4) is 33.6 Å². The lowest BCUT2D eigenvalue weighted by atomic mass is 9.99. The third kappa shape index (κ3) is 4.35. The Morgan fingerprint density at radius 2 is 0.725 bits per heavy atom. The molecule has 0 amide bonds. The number of benzene rings is 8. The Morgan fingerprint density at radius 1 is 0.275 bits per heavy atom. The van der Waals surface area contributed by atoms with Crippen LogP contribution in [0.25, 0.3) is 97.4 Å². The molecule has 238 valence electrons. The van der Waals surface area contributed by atoms with Crippen molar-refractivity contribution in [1.29, 1.82) is 0 Å². The average molecular weight is 667 g/mol. The van der Waals surface area contributed by atoms with E-state index in [0.29, 0.717) is 0 Å². The molecule has 8 aromatic carbocycles. The summed E-state index contributed by atoms with van der Waals surface area (Å²) in [5, 5.41) is 7.69. The van der Waals surface area contributed by atoms with Crippen LogP contribution >= 0.6 is 11.3 Å². The monoisotopic (exact) mass is 666 g/mol. The summed E-state index contributed by atoms with van der Waals surface area (Å²) in [6.45, 7) is 0. The number of nitrogens with zero attached hydrogens (tertiary/aromatic N) is 2. The Balaban J connectivity index is 1.10. The highest BCUT2D eigenvalue weighted by molar-refractivity contribution is 7.25. The van der Waals surface area contributed by atoms with Gasteiger partial charge in [-0.25, -0.2) is 0 Å². The van der Waals surface area contributed by atoms with E-state index >= 15 is 0 Å². The van der Waals surface area contributed by atoms with Crippen molar-refractivity contribution < 1.29 is 0 Å². The zero-order valence-corrected chi connectivity index (χ0v) is 28.4. The van der Waals surface area contributed by atoms with Crippen molar-refractivity contribution in [1.82, 2.24) is 9.13 Å². The van der Waals surface area contributed by atoms with Crippen LogP contribution in [-0.2, 0) is 0 Å². The van der Waals surface area contributed by atoms with Crippen molar-refractivity contribution >= 4 is 75.1 Å². The SMILES string of the molecule is c1ccc(-n2c3ccccc3c3cc(-c4ccc5c(c4)c4ccc(-c6ccc7sc8ccccc8c7c6)cc4n5-c4ccccc4)ccc32)cc1. The molecule has 11 rings (SSSR count). The van der Waals surface area contributed by atoms with E-state index < -0.39 is 0 Å². The molecule has 0 aliphatic carbocycles. The van der Waals surface area contributed by atoms with Crippen LogP contribution in [0.15, 0.2) is 182 Å². The fourth-order valence-electron chi connectivity index (χ4n) is 8.15. The molecule has 11 aromatic rings. The Hall–Kier alpha value is -6.42. The molecule has 2 nitrogen and oxygen atoms in total. The van der Waals surface area contributed by atoms with E-state index in [4.69, 9.17) is 0 Å². The summed E-state index contributed by atoms with van der Waals surface area (Å²) < 4.78 is 7.46. The van der Waals surface area contributed by atoms with E-state index in [1.165, 1.54) is 91.7 Å². The van der Waals surface area contributed by atoms with Gasteiger partial charge in [0.1, 0.15) is 0 Å². The first-order valence-corrected chi connectivity index (χ1v) is 18.2. The summed E-state index contributed by atoms with van der Waals surface area (Å²) in [6.07, 6.45) is 0. The molecule has 0 saturated heterocycles. The van der Waals surface area contributed by atoms with Crippen LogP contribution in [0.3, 0.4) is 0 Å². The normalized spacial score (nSPS) is 11.9. The fourth-order valence-corrected chi connectivity index (χ4v) is 9.24. The smallest absolute Gasteiger partial charge is 0.0547 e. The standard InChI is InChI=1S/C48H30N2S/c1-3-11-35(12-4-1)49-43-17-9-7-15-37(43)40-27-31(20-24-44(40)49)32-21-25-45-41(28-32)38-23-19-34(30-46(38)50(45)36-13-5-2-6-14-36)33-22-26-48-42(29-33)39-16-8-10-18-47(39)51-48/h1-30H. The topological polar surface area (TPSA) is 9.86 Å². The summed E-state index contributed by atoms with van der Waals surface area (Å²) in [6, 6.07) is 66.7. The van der Waals surface area contributed by atoms with Crippen LogP contribution in [0, 0.1) is 0 Å². The maximum atomic E-state index is 2.42. The molecule has 0 radical (unpaired) electrons. The quantitative estimate of drug-likeness (QED) is 0.177. The maximum absolute atomic E-state index is 2.42. The molecule has 3 heterocycles. The van der Waals surface area contributed by atoms with Gasteiger partial charge in [-0.3, -0.25) is 0 Å². The number of hydrogen-bond donors (Lipinski definition) is 0. The molecule has 0 aliphatic rings. The molecular weight excluding hydrogens is 637 g/mol. The molecule has 3 aromatic heterocycles. The lowest BCUT2D eigenvalue weighted by molar-refractivity contribution is 1.18. The number of hydrogen-bond acceptors (Lipinski definition) is 1. The van der Waals surface area contributed by atoms with Crippen molar-refractivity contribution in [3.05, 3.63) is 182 Å². The van der Waals surface area contributed by atoms with Crippen molar-refractivity contribution in [3.63, 3.8) is 0 Å². The van der Waals surface area contributed by atoms with Crippen LogP contribution in [-0.4, -0.2) is 9.13 Å². The van der Waals surface area contributed by atoms with Crippen LogP contribution < -0.4 is 0 Å². The highest BCUT2D eigenvalue weighted by Crippen LogP contribution is 2.41. The molecule has 0 aliphatic heterocycles. The van der Waals surface area contributed by atoms with Gasteiger partial charge in [-0.15, -0.1) is 11.3 Å². The lowest BCUT2D eigenvalue weighted by Gasteiger charge is -2.10. The van der Waals surface area contributed by atoms with Gasteiger partial charge in [0.05, 0.1) is 22.1 Å². The van der Waals surface area contributed by atoms with Gasteiger partial charge in [-0.05, 0) is 101 Å². The molecule has 3 heteroatoms. The predicted octanol–water partition coefficient (Wildman–Crippen LogP) is 13.6. The number of thiophene rings is 1. The molecule has 0 fully saturated rings. The second kappa shape index (κ2) is 11.0. The maximum Gasteiger partial charge on any atom is 0.0547 e. The molecule has 0 N–H and O–H groups in total. The van der Waals surface area contributed by atoms with E-state index in [2.05, 4.69) is 191 Å². The zero-order valence-electron chi connectivity index (χ0n) is 27.6. The van der Waals surface area contributed by atoms with Gasteiger partial charge >= 0.3 is 0 Å².